The molecule has 0 saturated heterocycles. The molecule has 0 aliphatic heterocycles. The van der Waals surface area contributed by atoms with Crippen molar-refractivity contribution in [3.8, 4) is 0 Å². The summed E-state index contributed by atoms with van der Waals surface area (Å²) in [5.41, 5.74) is 1.63. The van der Waals surface area contributed by atoms with Crippen molar-refractivity contribution < 1.29 is 0 Å². The van der Waals surface area contributed by atoms with Crippen LogP contribution in [-0.2, 0) is 0 Å². The second-order valence-electron chi connectivity index (χ2n) is 5.52. The van der Waals surface area contributed by atoms with E-state index >= 15 is 0 Å². The van der Waals surface area contributed by atoms with E-state index < -0.39 is 0 Å². The van der Waals surface area contributed by atoms with E-state index in [4.69, 9.17) is 0 Å². The zero-order chi connectivity index (χ0) is 12.6. The van der Waals surface area contributed by atoms with Crippen molar-refractivity contribution in [2.45, 2.75) is 51.4 Å². The molecule has 2 N–H and O–H groups in total. The van der Waals surface area contributed by atoms with Crippen LogP contribution < -0.4 is 10.6 Å². The van der Waals surface area contributed by atoms with E-state index in [1.54, 1.807) is 5.57 Å². The van der Waals surface area contributed by atoms with Gasteiger partial charge in [-0.15, -0.1) is 0 Å². The maximum atomic E-state index is 4.26. The summed E-state index contributed by atoms with van der Waals surface area (Å²) in [5, 5.41) is 6.81. The molecule has 0 unspecified atom stereocenters. The Morgan fingerprint density at radius 2 is 2.11 bits per heavy atom. The molecule has 18 heavy (non-hydrogen) atoms. The molecular weight excluding hydrogens is 222 g/mol. The minimum Gasteiger partial charge on any atom is -0.356 e. The Bertz CT molecular complexity index is 303. The van der Waals surface area contributed by atoms with Gasteiger partial charge in [0.15, 0.2) is 5.96 Å². The SMILES string of the molecule is CN=C(NCCC1=CCCCC1)NCCC1CC1. The fourth-order valence-corrected chi connectivity index (χ4v) is 2.50. The largest absolute Gasteiger partial charge is 0.356 e. The maximum Gasteiger partial charge on any atom is 0.190 e. The average molecular weight is 249 g/mol. The highest BCUT2D eigenvalue weighted by Crippen LogP contribution is 2.31. The second kappa shape index (κ2) is 7.45. The fourth-order valence-electron chi connectivity index (χ4n) is 2.50. The lowest BCUT2D eigenvalue weighted by molar-refractivity contribution is 0.658. The molecule has 0 aromatic heterocycles. The highest BCUT2D eigenvalue weighted by molar-refractivity contribution is 5.79. The van der Waals surface area contributed by atoms with Crippen LogP contribution in [0.2, 0.25) is 0 Å². The monoisotopic (exact) mass is 249 g/mol. The Hall–Kier alpha value is -0.990. The van der Waals surface area contributed by atoms with Gasteiger partial charge in [0.05, 0.1) is 0 Å². The van der Waals surface area contributed by atoms with Gasteiger partial charge in [0.1, 0.15) is 0 Å². The van der Waals surface area contributed by atoms with E-state index in [0.717, 1.165) is 25.0 Å². The minimum atomic E-state index is 0.965. The molecule has 1 saturated carbocycles. The van der Waals surface area contributed by atoms with E-state index in [1.165, 1.54) is 51.4 Å². The molecule has 102 valence electrons. The first kappa shape index (κ1) is 13.4. The molecular formula is C15H27N3. The Kier molecular flexibility index (Phi) is 5.56. The van der Waals surface area contributed by atoms with E-state index in [0.29, 0.717) is 0 Å². The fraction of sp³-hybridized carbons (Fsp3) is 0.800. The summed E-state index contributed by atoms with van der Waals surface area (Å²) in [5.74, 6) is 1.95. The molecule has 2 aliphatic carbocycles. The quantitative estimate of drug-likeness (QED) is 0.431. The highest BCUT2D eigenvalue weighted by Gasteiger charge is 2.20. The van der Waals surface area contributed by atoms with E-state index in [9.17, 15) is 0 Å². The van der Waals surface area contributed by atoms with Gasteiger partial charge in [-0.3, -0.25) is 4.99 Å². The summed E-state index contributed by atoms with van der Waals surface area (Å²) in [4.78, 5) is 4.26. The molecule has 2 aliphatic rings. The van der Waals surface area contributed by atoms with Crippen molar-refractivity contribution in [3.05, 3.63) is 11.6 Å². The van der Waals surface area contributed by atoms with Crippen LogP contribution in [0.3, 0.4) is 0 Å². The number of guanidine groups is 1. The normalized spacial score (nSPS) is 20.5. The molecule has 0 aromatic carbocycles. The molecule has 3 nitrogen and oxygen atoms in total. The third-order valence-electron chi connectivity index (χ3n) is 3.89. The predicted molar refractivity (Wildman–Crippen MR) is 77.9 cm³/mol. The summed E-state index contributed by atoms with van der Waals surface area (Å²) in [6, 6.07) is 0. The molecule has 0 bridgehead atoms. The molecule has 3 heteroatoms. The summed E-state index contributed by atoms with van der Waals surface area (Å²) in [6.45, 7) is 2.07. The Morgan fingerprint density at radius 1 is 1.28 bits per heavy atom. The summed E-state index contributed by atoms with van der Waals surface area (Å²) >= 11 is 0. The van der Waals surface area contributed by atoms with Gasteiger partial charge in [-0.2, -0.15) is 0 Å². The number of nitrogens with one attached hydrogen (secondary N) is 2. The summed E-state index contributed by atoms with van der Waals surface area (Å²) < 4.78 is 0. The molecule has 0 atom stereocenters. The number of allylic oxidation sites excluding steroid dienone is 1. The van der Waals surface area contributed by atoms with Crippen LogP contribution in [0.25, 0.3) is 0 Å². The van der Waals surface area contributed by atoms with Crippen LogP contribution in [-0.4, -0.2) is 26.1 Å². The third-order valence-corrected chi connectivity index (χ3v) is 3.89. The van der Waals surface area contributed by atoms with E-state index in [-0.39, 0.29) is 0 Å². The number of nitrogens with zero attached hydrogens (tertiary/aromatic N) is 1. The van der Waals surface area contributed by atoms with Crippen molar-refractivity contribution in [2.24, 2.45) is 10.9 Å². The zero-order valence-corrected chi connectivity index (χ0v) is 11.7. The van der Waals surface area contributed by atoms with Gasteiger partial charge in [0.25, 0.3) is 0 Å². The number of rotatable bonds is 6. The standard InChI is InChI=1S/C15H27N3/c1-16-15(18-12-10-14-7-8-14)17-11-9-13-5-3-2-4-6-13/h5,14H,2-4,6-12H2,1H3,(H2,16,17,18). The Balaban J connectivity index is 1.56. The summed E-state index contributed by atoms with van der Waals surface area (Å²) in [6.07, 6.45) is 13.1. The maximum absolute atomic E-state index is 4.26. The van der Waals surface area contributed by atoms with Crippen LogP contribution in [0.15, 0.2) is 16.6 Å². The van der Waals surface area contributed by atoms with Crippen molar-refractivity contribution in [1.29, 1.82) is 0 Å². The minimum absolute atomic E-state index is 0.965. The third kappa shape index (κ3) is 5.11. The van der Waals surface area contributed by atoms with Crippen LogP contribution >= 0.6 is 0 Å². The molecule has 0 heterocycles. The van der Waals surface area contributed by atoms with Crippen LogP contribution in [0, 0.1) is 5.92 Å². The lowest BCUT2D eigenvalue weighted by atomic mass is 9.97. The lowest BCUT2D eigenvalue weighted by Gasteiger charge is -2.15. The first-order valence-corrected chi connectivity index (χ1v) is 7.51. The van der Waals surface area contributed by atoms with Gasteiger partial charge in [-0.05, 0) is 44.4 Å². The first-order valence-electron chi connectivity index (χ1n) is 7.51. The summed E-state index contributed by atoms with van der Waals surface area (Å²) in [7, 11) is 1.85. The number of hydrogen-bond donors (Lipinski definition) is 2. The van der Waals surface area contributed by atoms with Crippen molar-refractivity contribution in [1.82, 2.24) is 10.6 Å². The smallest absolute Gasteiger partial charge is 0.190 e. The molecule has 0 radical (unpaired) electrons. The second-order valence-corrected chi connectivity index (χ2v) is 5.52. The van der Waals surface area contributed by atoms with Gasteiger partial charge in [-0.1, -0.05) is 24.5 Å². The van der Waals surface area contributed by atoms with Gasteiger partial charge in [0, 0.05) is 20.1 Å². The lowest BCUT2D eigenvalue weighted by Crippen LogP contribution is -2.38. The van der Waals surface area contributed by atoms with Gasteiger partial charge >= 0.3 is 0 Å². The first-order chi connectivity index (χ1) is 8.88. The molecule has 0 spiro atoms. The molecule has 1 fully saturated rings. The van der Waals surface area contributed by atoms with E-state index in [2.05, 4.69) is 21.7 Å². The van der Waals surface area contributed by atoms with E-state index in [1.807, 2.05) is 7.05 Å². The number of hydrogen-bond acceptors (Lipinski definition) is 1. The van der Waals surface area contributed by atoms with Crippen LogP contribution in [0.5, 0.6) is 0 Å². The van der Waals surface area contributed by atoms with Gasteiger partial charge in [0.2, 0.25) is 0 Å². The molecule has 0 aromatic rings. The highest BCUT2D eigenvalue weighted by atomic mass is 15.2. The van der Waals surface area contributed by atoms with Crippen molar-refractivity contribution in [3.63, 3.8) is 0 Å². The predicted octanol–water partition coefficient (Wildman–Crippen LogP) is 2.84. The van der Waals surface area contributed by atoms with Crippen molar-refractivity contribution in [2.75, 3.05) is 20.1 Å². The van der Waals surface area contributed by atoms with Gasteiger partial charge in [-0.25, -0.2) is 0 Å². The Labute approximate surface area is 111 Å². The average Bonchev–Trinajstić information content (AvgIpc) is 3.22. The molecule has 2 rings (SSSR count). The zero-order valence-electron chi connectivity index (χ0n) is 11.7. The van der Waals surface area contributed by atoms with Crippen LogP contribution in [0.1, 0.15) is 51.4 Å². The van der Waals surface area contributed by atoms with Crippen LogP contribution in [0.4, 0.5) is 0 Å². The van der Waals surface area contributed by atoms with Gasteiger partial charge < -0.3 is 10.6 Å². The molecule has 0 amide bonds. The number of aliphatic imine (C=N–C) groups is 1. The van der Waals surface area contributed by atoms with Crippen molar-refractivity contribution >= 4 is 5.96 Å². The topological polar surface area (TPSA) is 36.4 Å². The Morgan fingerprint density at radius 3 is 2.78 bits per heavy atom.